The van der Waals surface area contributed by atoms with E-state index in [1.807, 2.05) is 60.7 Å². The van der Waals surface area contributed by atoms with Gasteiger partial charge in [-0.1, -0.05) is 60.1 Å². The standard InChI is InChI=1S/C22H18ClNO3S/c23-17-11-13-18(14-12-17)24-20(25)15-27-22(26)21(16-7-3-1-4-8-16)28-19-9-5-2-6-10-19/h1-14,21H,15H2,(H,24,25)/t21-/m0/s1. The molecule has 0 spiro atoms. The van der Waals surface area contributed by atoms with Gasteiger partial charge in [-0.2, -0.15) is 0 Å². The minimum absolute atomic E-state index is 0.361. The van der Waals surface area contributed by atoms with E-state index in [-0.39, 0.29) is 6.61 Å². The van der Waals surface area contributed by atoms with Crippen LogP contribution in [0.15, 0.2) is 89.8 Å². The van der Waals surface area contributed by atoms with Gasteiger partial charge in [0.2, 0.25) is 0 Å². The highest BCUT2D eigenvalue weighted by molar-refractivity contribution is 8.00. The van der Waals surface area contributed by atoms with E-state index in [9.17, 15) is 9.59 Å². The van der Waals surface area contributed by atoms with E-state index in [0.717, 1.165) is 10.5 Å². The lowest BCUT2D eigenvalue weighted by Gasteiger charge is -2.16. The van der Waals surface area contributed by atoms with Crippen molar-refractivity contribution < 1.29 is 14.3 Å². The third-order valence-corrected chi connectivity index (χ3v) is 5.28. The van der Waals surface area contributed by atoms with Gasteiger partial charge in [0.05, 0.1) is 0 Å². The lowest BCUT2D eigenvalue weighted by Crippen LogP contribution is -2.23. The van der Waals surface area contributed by atoms with Gasteiger partial charge in [-0.3, -0.25) is 9.59 Å². The van der Waals surface area contributed by atoms with Crippen molar-refractivity contribution in [3.05, 3.63) is 95.5 Å². The highest BCUT2D eigenvalue weighted by Gasteiger charge is 2.24. The number of thioether (sulfide) groups is 1. The van der Waals surface area contributed by atoms with Crippen LogP contribution in [0.4, 0.5) is 5.69 Å². The molecule has 0 aliphatic rings. The van der Waals surface area contributed by atoms with Crippen molar-refractivity contribution in [3.8, 4) is 0 Å². The van der Waals surface area contributed by atoms with Gasteiger partial charge in [0.15, 0.2) is 6.61 Å². The maximum atomic E-state index is 12.7. The molecule has 4 nitrogen and oxygen atoms in total. The summed E-state index contributed by atoms with van der Waals surface area (Å²) in [5, 5.41) is 2.69. The third-order valence-electron chi connectivity index (χ3n) is 3.79. The fraction of sp³-hybridized carbons (Fsp3) is 0.0909. The SMILES string of the molecule is O=C(COC(=O)[C@@H](Sc1ccccc1)c1ccccc1)Nc1ccc(Cl)cc1. The predicted octanol–water partition coefficient (Wildman–Crippen LogP) is 5.36. The maximum absolute atomic E-state index is 12.7. The van der Waals surface area contributed by atoms with Gasteiger partial charge in [0.25, 0.3) is 5.91 Å². The van der Waals surface area contributed by atoms with E-state index in [2.05, 4.69) is 5.32 Å². The molecule has 28 heavy (non-hydrogen) atoms. The van der Waals surface area contributed by atoms with E-state index in [1.54, 1.807) is 24.3 Å². The number of hydrogen-bond acceptors (Lipinski definition) is 4. The van der Waals surface area contributed by atoms with Gasteiger partial charge in [-0.25, -0.2) is 0 Å². The molecule has 0 saturated heterocycles. The molecule has 3 rings (SSSR count). The molecule has 0 bridgehead atoms. The molecule has 0 unspecified atom stereocenters. The smallest absolute Gasteiger partial charge is 0.324 e. The molecule has 0 aromatic heterocycles. The molecule has 1 N–H and O–H groups in total. The van der Waals surface area contributed by atoms with Crippen LogP contribution >= 0.6 is 23.4 Å². The average Bonchev–Trinajstić information content (AvgIpc) is 2.73. The van der Waals surface area contributed by atoms with E-state index < -0.39 is 17.1 Å². The topological polar surface area (TPSA) is 55.4 Å². The summed E-state index contributed by atoms with van der Waals surface area (Å²) in [4.78, 5) is 25.7. The van der Waals surface area contributed by atoms with Crippen LogP contribution in [0.5, 0.6) is 0 Å². The second-order valence-electron chi connectivity index (χ2n) is 5.88. The Morgan fingerprint density at radius 1 is 0.893 bits per heavy atom. The average molecular weight is 412 g/mol. The van der Waals surface area contributed by atoms with Gasteiger partial charge < -0.3 is 10.1 Å². The van der Waals surface area contributed by atoms with Crippen LogP contribution in [0.3, 0.4) is 0 Å². The molecule has 1 amide bonds. The Balaban J connectivity index is 1.64. The van der Waals surface area contributed by atoms with Crippen molar-refractivity contribution in [3.63, 3.8) is 0 Å². The van der Waals surface area contributed by atoms with Crippen LogP contribution < -0.4 is 5.32 Å². The number of rotatable bonds is 7. The number of halogens is 1. The highest BCUT2D eigenvalue weighted by Crippen LogP contribution is 2.36. The number of benzene rings is 3. The number of carbonyl (C=O) groups is 2. The number of ether oxygens (including phenoxy) is 1. The Morgan fingerprint density at radius 2 is 1.50 bits per heavy atom. The summed E-state index contributed by atoms with van der Waals surface area (Å²) in [6.07, 6.45) is 0. The van der Waals surface area contributed by atoms with Crippen molar-refractivity contribution in [1.29, 1.82) is 0 Å². The highest BCUT2D eigenvalue weighted by atomic mass is 35.5. The van der Waals surface area contributed by atoms with Crippen molar-refractivity contribution in [2.75, 3.05) is 11.9 Å². The fourth-order valence-electron chi connectivity index (χ4n) is 2.46. The van der Waals surface area contributed by atoms with Crippen LogP contribution in [0.25, 0.3) is 0 Å². The minimum Gasteiger partial charge on any atom is -0.454 e. The molecule has 1 atom stereocenters. The monoisotopic (exact) mass is 411 g/mol. The molecular formula is C22H18ClNO3S. The molecule has 6 heteroatoms. The Morgan fingerprint density at radius 3 is 2.14 bits per heavy atom. The van der Waals surface area contributed by atoms with Crippen molar-refractivity contribution in [1.82, 2.24) is 0 Å². The summed E-state index contributed by atoms with van der Waals surface area (Å²) in [5.74, 6) is -0.876. The number of anilines is 1. The Labute approximate surface area is 172 Å². The summed E-state index contributed by atoms with van der Waals surface area (Å²) < 4.78 is 5.29. The first kappa shape index (κ1) is 20.0. The van der Waals surface area contributed by atoms with Crippen LogP contribution in [0.1, 0.15) is 10.8 Å². The number of carbonyl (C=O) groups excluding carboxylic acids is 2. The van der Waals surface area contributed by atoms with E-state index in [1.165, 1.54) is 11.8 Å². The van der Waals surface area contributed by atoms with Crippen LogP contribution in [-0.4, -0.2) is 18.5 Å². The second kappa shape index (κ2) is 9.97. The van der Waals surface area contributed by atoms with Crippen molar-refractivity contribution in [2.45, 2.75) is 10.1 Å². The molecule has 3 aromatic carbocycles. The zero-order valence-electron chi connectivity index (χ0n) is 14.9. The van der Waals surface area contributed by atoms with Crippen LogP contribution in [-0.2, 0) is 14.3 Å². The van der Waals surface area contributed by atoms with Crippen LogP contribution in [0.2, 0.25) is 5.02 Å². The van der Waals surface area contributed by atoms with Crippen molar-refractivity contribution in [2.24, 2.45) is 0 Å². The molecular weight excluding hydrogens is 394 g/mol. The van der Waals surface area contributed by atoms with Gasteiger partial charge in [0.1, 0.15) is 5.25 Å². The van der Waals surface area contributed by atoms with Gasteiger partial charge >= 0.3 is 5.97 Å². The Kier molecular flexibility index (Phi) is 7.12. The molecule has 0 fully saturated rings. The Bertz CT molecular complexity index is 918. The van der Waals surface area contributed by atoms with E-state index >= 15 is 0 Å². The summed E-state index contributed by atoms with van der Waals surface area (Å²) in [5.41, 5.74) is 1.41. The Hall–Kier alpha value is -2.76. The molecule has 0 aliphatic heterocycles. The summed E-state index contributed by atoms with van der Waals surface area (Å²) in [6, 6.07) is 25.7. The first-order valence-corrected chi connectivity index (χ1v) is 9.86. The van der Waals surface area contributed by atoms with Crippen LogP contribution in [0, 0.1) is 0 Å². The van der Waals surface area contributed by atoms with Crippen molar-refractivity contribution >= 4 is 40.9 Å². The predicted molar refractivity (Wildman–Crippen MR) is 113 cm³/mol. The molecule has 0 radical (unpaired) electrons. The van der Waals surface area contributed by atoms with Gasteiger partial charge in [0, 0.05) is 15.6 Å². The first-order valence-electron chi connectivity index (χ1n) is 8.60. The molecule has 142 valence electrons. The zero-order valence-corrected chi connectivity index (χ0v) is 16.5. The minimum atomic E-state index is -0.563. The lowest BCUT2D eigenvalue weighted by atomic mass is 10.1. The molecule has 3 aromatic rings. The first-order chi connectivity index (χ1) is 13.6. The second-order valence-corrected chi connectivity index (χ2v) is 7.50. The van der Waals surface area contributed by atoms with Gasteiger partial charge in [-0.15, -0.1) is 11.8 Å². The summed E-state index contributed by atoms with van der Waals surface area (Å²) in [6.45, 7) is -0.361. The number of hydrogen-bond donors (Lipinski definition) is 1. The third kappa shape index (κ3) is 5.87. The number of esters is 1. The molecule has 0 aliphatic carbocycles. The maximum Gasteiger partial charge on any atom is 0.324 e. The fourth-order valence-corrected chi connectivity index (χ4v) is 3.63. The number of amides is 1. The zero-order chi connectivity index (χ0) is 19.8. The molecule has 0 saturated carbocycles. The normalized spacial score (nSPS) is 11.5. The lowest BCUT2D eigenvalue weighted by molar-refractivity contribution is -0.146. The van der Waals surface area contributed by atoms with E-state index in [4.69, 9.17) is 16.3 Å². The summed E-state index contributed by atoms with van der Waals surface area (Å²) >= 11 is 7.21. The van der Waals surface area contributed by atoms with E-state index in [0.29, 0.717) is 10.7 Å². The molecule has 0 heterocycles. The van der Waals surface area contributed by atoms with Gasteiger partial charge in [-0.05, 0) is 42.0 Å². The summed E-state index contributed by atoms with van der Waals surface area (Å²) in [7, 11) is 0. The number of nitrogens with one attached hydrogen (secondary N) is 1. The largest absolute Gasteiger partial charge is 0.454 e. The quantitative estimate of drug-likeness (QED) is 0.420.